The molecule has 1 saturated carbocycles. The molecular weight excluding hydrogens is 205 g/mol. The van der Waals surface area contributed by atoms with Crippen LogP contribution < -0.4 is 0 Å². The lowest BCUT2D eigenvalue weighted by Gasteiger charge is -2.22. The molecule has 0 heterocycles. The smallest absolute Gasteiger partial charge is 0.149 e. The maximum Gasteiger partial charge on any atom is 0.149 e. The first kappa shape index (κ1) is 11.3. The molecule has 0 aliphatic heterocycles. The largest absolute Gasteiger partial charge is 0.298 e. The molecule has 1 aliphatic carbocycles. The van der Waals surface area contributed by atoms with Crippen LogP contribution in [-0.4, -0.2) is 23.8 Å². The zero-order valence-corrected chi connectivity index (χ0v) is 9.45. The van der Waals surface area contributed by atoms with Crippen LogP contribution in [0.3, 0.4) is 0 Å². The van der Waals surface area contributed by atoms with Crippen LogP contribution in [0.25, 0.3) is 0 Å². The highest BCUT2D eigenvalue weighted by atomic mass is 19.1. The van der Waals surface area contributed by atoms with E-state index in [9.17, 15) is 9.18 Å². The maximum absolute atomic E-state index is 13.0. The third-order valence-electron chi connectivity index (χ3n) is 3.13. The molecule has 2 nitrogen and oxygen atoms in total. The number of halogens is 1. The number of likely N-dealkylation sites (N-methyl/N-ethyl adjacent to an activating group) is 1. The monoisotopic (exact) mass is 221 g/mol. The van der Waals surface area contributed by atoms with E-state index in [1.54, 1.807) is 6.07 Å². The van der Waals surface area contributed by atoms with E-state index in [1.807, 2.05) is 18.0 Å². The van der Waals surface area contributed by atoms with Crippen molar-refractivity contribution in [2.24, 2.45) is 0 Å². The first-order valence-electron chi connectivity index (χ1n) is 5.64. The topological polar surface area (TPSA) is 20.3 Å². The van der Waals surface area contributed by atoms with Gasteiger partial charge in [0.05, 0.1) is 6.04 Å². The Hall–Kier alpha value is -1.22. The Morgan fingerprint density at radius 2 is 2.31 bits per heavy atom. The van der Waals surface area contributed by atoms with Crippen LogP contribution in [0, 0.1) is 5.82 Å². The van der Waals surface area contributed by atoms with Crippen molar-refractivity contribution in [1.82, 2.24) is 4.90 Å². The molecule has 1 aromatic rings. The molecule has 0 bridgehead atoms. The van der Waals surface area contributed by atoms with Crippen molar-refractivity contribution < 1.29 is 9.18 Å². The molecule has 0 spiro atoms. The Labute approximate surface area is 95.1 Å². The number of ketones is 1. The standard InChI is InChI=1S/C13H16FNO/c1-15(12-6-3-7-13(12)16)9-10-4-2-5-11(14)8-10/h2,4-5,8,12H,3,6-7,9H2,1H3. The van der Waals surface area contributed by atoms with Crippen LogP contribution >= 0.6 is 0 Å². The van der Waals surface area contributed by atoms with Gasteiger partial charge in [0.1, 0.15) is 11.6 Å². The van der Waals surface area contributed by atoms with E-state index in [1.165, 1.54) is 12.1 Å². The third kappa shape index (κ3) is 2.47. The van der Waals surface area contributed by atoms with Crippen LogP contribution in [0.4, 0.5) is 4.39 Å². The molecule has 3 heteroatoms. The molecule has 86 valence electrons. The van der Waals surface area contributed by atoms with Gasteiger partial charge in [0, 0.05) is 13.0 Å². The fraction of sp³-hybridized carbons (Fsp3) is 0.462. The second-order valence-electron chi connectivity index (χ2n) is 4.42. The highest BCUT2D eigenvalue weighted by molar-refractivity contribution is 5.85. The maximum atomic E-state index is 13.0. The van der Waals surface area contributed by atoms with Gasteiger partial charge in [-0.15, -0.1) is 0 Å². The third-order valence-corrected chi connectivity index (χ3v) is 3.13. The van der Waals surface area contributed by atoms with E-state index in [4.69, 9.17) is 0 Å². The first-order valence-corrected chi connectivity index (χ1v) is 5.64. The van der Waals surface area contributed by atoms with Gasteiger partial charge in [-0.05, 0) is 37.6 Å². The van der Waals surface area contributed by atoms with Crippen molar-refractivity contribution >= 4 is 5.78 Å². The molecule has 0 amide bonds. The van der Waals surface area contributed by atoms with Crippen molar-refractivity contribution in [3.05, 3.63) is 35.6 Å². The minimum atomic E-state index is -0.219. The normalized spacial score (nSPS) is 20.7. The molecule has 1 aliphatic rings. The van der Waals surface area contributed by atoms with Gasteiger partial charge >= 0.3 is 0 Å². The summed E-state index contributed by atoms with van der Waals surface area (Å²) >= 11 is 0. The van der Waals surface area contributed by atoms with E-state index in [0.717, 1.165) is 18.4 Å². The van der Waals surface area contributed by atoms with Gasteiger partial charge in [0.2, 0.25) is 0 Å². The lowest BCUT2D eigenvalue weighted by atomic mass is 10.1. The minimum absolute atomic E-state index is 0.0308. The predicted octanol–water partition coefficient (Wildman–Crippen LogP) is 2.38. The minimum Gasteiger partial charge on any atom is -0.298 e. The second-order valence-corrected chi connectivity index (χ2v) is 4.42. The summed E-state index contributed by atoms with van der Waals surface area (Å²) in [6, 6.07) is 6.58. The molecule has 16 heavy (non-hydrogen) atoms. The molecular formula is C13H16FNO. The number of rotatable bonds is 3. The number of hydrogen-bond acceptors (Lipinski definition) is 2. The Kier molecular flexibility index (Phi) is 3.34. The van der Waals surface area contributed by atoms with Gasteiger partial charge in [-0.2, -0.15) is 0 Å². The van der Waals surface area contributed by atoms with Crippen LogP contribution in [0.2, 0.25) is 0 Å². The fourth-order valence-electron chi connectivity index (χ4n) is 2.30. The van der Waals surface area contributed by atoms with Crippen LogP contribution in [0.1, 0.15) is 24.8 Å². The van der Waals surface area contributed by atoms with Crippen molar-refractivity contribution in [3.63, 3.8) is 0 Å². The van der Waals surface area contributed by atoms with Gasteiger partial charge in [-0.3, -0.25) is 9.69 Å². The molecule has 1 aromatic carbocycles. The van der Waals surface area contributed by atoms with Gasteiger partial charge in [0.25, 0.3) is 0 Å². The van der Waals surface area contributed by atoms with E-state index >= 15 is 0 Å². The highest BCUT2D eigenvalue weighted by Gasteiger charge is 2.27. The number of benzene rings is 1. The summed E-state index contributed by atoms with van der Waals surface area (Å²) in [7, 11) is 1.93. The Bertz CT molecular complexity index is 391. The molecule has 1 atom stereocenters. The summed E-state index contributed by atoms with van der Waals surface area (Å²) in [5, 5.41) is 0. The summed E-state index contributed by atoms with van der Waals surface area (Å²) in [5.41, 5.74) is 0.919. The number of hydrogen-bond donors (Lipinski definition) is 0. The number of nitrogens with zero attached hydrogens (tertiary/aromatic N) is 1. The second kappa shape index (κ2) is 4.74. The van der Waals surface area contributed by atoms with Gasteiger partial charge < -0.3 is 0 Å². The average molecular weight is 221 g/mol. The molecule has 0 N–H and O–H groups in total. The van der Waals surface area contributed by atoms with Crippen molar-refractivity contribution in [2.45, 2.75) is 31.8 Å². The molecule has 1 unspecified atom stereocenters. The van der Waals surface area contributed by atoms with E-state index in [-0.39, 0.29) is 11.9 Å². The van der Waals surface area contributed by atoms with Crippen molar-refractivity contribution in [1.29, 1.82) is 0 Å². The van der Waals surface area contributed by atoms with Crippen LogP contribution in [0.5, 0.6) is 0 Å². The van der Waals surface area contributed by atoms with Gasteiger partial charge in [-0.25, -0.2) is 4.39 Å². The molecule has 0 saturated heterocycles. The molecule has 2 rings (SSSR count). The van der Waals surface area contributed by atoms with E-state index in [2.05, 4.69) is 0 Å². The molecule has 1 fully saturated rings. The summed E-state index contributed by atoms with van der Waals surface area (Å²) in [4.78, 5) is 13.6. The van der Waals surface area contributed by atoms with Gasteiger partial charge in [0.15, 0.2) is 0 Å². The van der Waals surface area contributed by atoms with Crippen LogP contribution in [0.15, 0.2) is 24.3 Å². The lowest BCUT2D eigenvalue weighted by Crippen LogP contribution is -2.34. The first-order chi connectivity index (χ1) is 7.66. The summed E-state index contributed by atoms with van der Waals surface area (Å²) in [6.07, 6.45) is 2.61. The Morgan fingerprint density at radius 1 is 1.50 bits per heavy atom. The van der Waals surface area contributed by atoms with Crippen molar-refractivity contribution in [3.8, 4) is 0 Å². The summed E-state index contributed by atoms with van der Waals surface area (Å²) < 4.78 is 13.0. The molecule has 0 radical (unpaired) electrons. The fourth-order valence-corrected chi connectivity index (χ4v) is 2.30. The zero-order chi connectivity index (χ0) is 11.5. The number of carbonyl (C=O) groups is 1. The van der Waals surface area contributed by atoms with E-state index in [0.29, 0.717) is 18.7 Å². The van der Waals surface area contributed by atoms with E-state index < -0.39 is 0 Å². The lowest BCUT2D eigenvalue weighted by molar-refractivity contribution is -0.121. The van der Waals surface area contributed by atoms with Crippen LogP contribution in [-0.2, 0) is 11.3 Å². The SMILES string of the molecule is CN(Cc1cccc(F)c1)C1CCCC1=O. The molecule has 0 aromatic heterocycles. The zero-order valence-electron chi connectivity index (χ0n) is 9.45. The number of carbonyl (C=O) groups excluding carboxylic acids is 1. The van der Waals surface area contributed by atoms with Gasteiger partial charge in [-0.1, -0.05) is 12.1 Å². The number of Topliss-reactive ketones (excluding diaryl/α,β-unsaturated/α-hetero) is 1. The highest BCUT2D eigenvalue weighted by Crippen LogP contribution is 2.20. The van der Waals surface area contributed by atoms with Crippen molar-refractivity contribution in [2.75, 3.05) is 7.05 Å². The Morgan fingerprint density at radius 3 is 2.94 bits per heavy atom. The predicted molar refractivity (Wildman–Crippen MR) is 60.5 cm³/mol. The Balaban J connectivity index is 2.01. The average Bonchev–Trinajstić information content (AvgIpc) is 2.64. The summed E-state index contributed by atoms with van der Waals surface area (Å²) in [6.45, 7) is 0.633. The quantitative estimate of drug-likeness (QED) is 0.781. The summed E-state index contributed by atoms with van der Waals surface area (Å²) in [5.74, 6) is 0.0996.